The highest BCUT2D eigenvalue weighted by molar-refractivity contribution is 6.06. The molecule has 1 spiro atoms. The van der Waals surface area contributed by atoms with E-state index in [4.69, 9.17) is 4.74 Å². The van der Waals surface area contributed by atoms with Crippen LogP contribution in [-0.2, 0) is 14.9 Å². The molecule has 4 heteroatoms. The smallest absolute Gasteiger partial charge is 0.235 e. The first-order valence-corrected chi connectivity index (χ1v) is 7.02. The van der Waals surface area contributed by atoms with Crippen LogP contribution in [0.3, 0.4) is 0 Å². The molecule has 0 aromatic heterocycles. The normalized spacial score (nSPS) is 26.0. The van der Waals surface area contributed by atoms with E-state index in [-0.39, 0.29) is 11.3 Å². The highest BCUT2D eigenvalue weighted by atomic mass is 16.5. The van der Waals surface area contributed by atoms with Gasteiger partial charge in [0.15, 0.2) is 0 Å². The fraction of sp³-hybridized carbons (Fsp3) is 0.533. The fourth-order valence-electron chi connectivity index (χ4n) is 3.58. The number of carbonyl (C=O) groups is 1. The molecule has 4 nitrogen and oxygen atoms in total. The Morgan fingerprint density at radius 1 is 1.21 bits per heavy atom. The summed E-state index contributed by atoms with van der Waals surface area (Å²) in [5, 5.41) is 3.05. The van der Waals surface area contributed by atoms with Gasteiger partial charge in [-0.05, 0) is 37.6 Å². The van der Waals surface area contributed by atoms with Crippen LogP contribution in [0.15, 0.2) is 24.3 Å². The zero-order chi connectivity index (χ0) is 12.9. The van der Waals surface area contributed by atoms with E-state index in [9.17, 15) is 4.79 Å². The number of carbonyl (C=O) groups excluding carboxylic acids is 1. The van der Waals surface area contributed by atoms with Gasteiger partial charge in [-0.1, -0.05) is 18.2 Å². The highest BCUT2D eigenvalue weighted by Crippen LogP contribution is 2.45. The molecule has 100 valence electrons. The third-order valence-corrected chi connectivity index (χ3v) is 4.91. The first-order valence-electron chi connectivity index (χ1n) is 7.02. The van der Waals surface area contributed by atoms with E-state index >= 15 is 0 Å². The molecule has 3 aliphatic heterocycles. The van der Waals surface area contributed by atoms with Crippen molar-refractivity contribution in [1.82, 2.24) is 4.90 Å². The van der Waals surface area contributed by atoms with Crippen molar-refractivity contribution >= 4 is 11.6 Å². The average Bonchev–Trinajstić information content (AvgIpc) is 2.64. The van der Waals surface area contributed by atoms with Crippen LogP contribution < -0.4 is 5.32 Å². The fourth-order valence-corrected chi connectivity index (χ4v) is 3.58. The van der Waals surface area contributed by atoms with E-state index in [1.54, 1.807) is 0 Å². The second-order valence-corrected chi connectivity index (χ2v) is 5.81. The van der Waals surface area contributed by atoms with Crippen molar-refractivity contribution in [3.8, 4) is 0 Å². The van der Waals surface area contributed by atoms with Gasteiger partial charge in [-0.15, -0.1) is 0 Å². The van der Waals surface area contributed by atoms with Crippen molar-refractivity contribution < 1.29 is 9.53 Å². The third kappa shape index (κ3) is 1.56. The summed E-state index contributed by atoms with van der Waals surface area (Å²) in [6.07, 6.45) is 1.85. The van der Waals surface area contributed by atoms with Crippen molar-refractivity contribution in [2.75, 3.05) is 31.6 Å². The van der Waals surface area contributed by atoms with Crippen LogP contribution in [0.5, 0.6) is 0 Å². The SMILES string of the molecule is O=C1Nc2ccccc2C12CCN(C1COC1)CC2. The Morgan fingerprint density at radius 2 is 1.95 bits per heavy atom. The minimum Gasteiger partial charge on any atom is -0.378 e. The van der Waals surface area contributed by atoms with Gasteiger partial charge in [-0.2, -0.15) is 0 Å². The Balaban J connectivity index is 1.60. The molecule has 0 bridgehead atoms. The summed E-state index contributed by atoms with van der Waals surface area (Å²) in [6.45, 7) is 3.71. The molecule has 1 amide bonds. The Morgan fingerprint density at radius 3 is 2.63 bits per heavy atom. The summed E-state index contributed by atoms with van der Waals surface area (Å²) >= 11 is 0. The molecule has 1 aromatic carbocycles. The number of fused-ring (bicyclic) bond motifs is 2. The number of benzene rings is 1. The zero-order valence-electron chi connectivity index (χ0n) is 10.9. The number of nitrogens with zero attached hydrogens (tertiary/aromatic N) is 1. The van der Waals surface area contributed by atoms with E-state index in [1.807, 2.05) is 18.2 Å². The summed E-state index contributed by atoms with van der Waals surface area (Å²) in [6, 6.07) is 8.71. The number of anilines is 1. The summed E-state index contributed by atoms with van der Waals surface area (Å²) in [5.74, 6) is 0.193. The molecule has 0 aliphatic carbocycles. The van der Waals surface area contributed by atoms with E-state index < -0.39 is 0 Å². The molecule has 0 atom stereocenters. The minimum atomic E-state index is -0.280. The molecular weight excluding hydrogens is 240 g/mol. The van der Waals surface area contributed by atoms with Crippen LogP contribution in [-0.4, -0.2) is 43.2 Å². The van der Waals surface area contributed by atoms with Crippen LogP contribution in [0.1, 0.15) is 18.4 Å². The Labute approximate surface area is 112 Å². The van der Waals surface area contributed by atoms with Gasteiger partial charge in [0, 0.05) is 5.69 Å². The molecule has 4 rings (SSSR count). The van der Waals surface area contributed by atoms with Crippen molar-refractivity contribution in [3.63, 3.8) is 0 Å². The molecular formula is C15H18N2O2. The number of ether oxygens (including phenoxy) is 1. The van der Waals surface area contributed by atoms with E-state index in [2.05, 4.69) is 16.3 Å². The van der Waals surface area contributed by atoms with Crippen LogP contribution in [0.4, 0.5) is 5.69 Å². The first-order chi connectivity index (χ1) is 9.29. The summed E-state index contributed by atoms with van der Waals surface area (Å²) < 4.78 is 5.26. The van der Waals surface area contributed by atoms with Crippen LogP contribution in [0, 0.1) is 0 Å². The van der Waals surface area contributed by atoms with Crippen molar-refractivity contribution in [2.24, 2.45) is 0 Å². The van der Waals surface area contributed by atoms with Crippen LogP contribution >= 0.6 is 0 Å². The van der Waals surface area contributed by atoms with Gasteiger partial charge in [0.1, 0.15) is 0 Å². The summed E-state index contributed by atoms with van der Waals surface area (Å²) in [5.41, 5.74) is 1.93. The summed E-state index contributed by atoms with van der Waals surface area (Å²) in [4.78, 5) is 14.9. The molecule has 3 aliphatic rings. The minimum absolute atomic E-state index is 0.193. The Kier molecular flexibility index (Phi) is 2.44. The number of hydrogen-bond donors (Lipinski definition) is 1. The van der Waals surface area contributed by atoms with E-state index in [0.29, 0.717) is 6.04 Å². The second kappa shape index (κ2) is 4.05. The molecule has 2 saturated heterocycles. The first kappa shape index (κ1) is 11.4. The van der Waals surface area contributed by atoms with Gasteiger partial charge in [-0.3, -0.25) is 9.69 Å². The van der Waals surface area contributed by atoms with Gasteiger partial charge in [0.05, 0.1) is 24.7 Å². The zero-order valence-corrected chi connectivity index (χ0v) is 10.9. The van der Waals surface area contributed by atoms with E-state index in [0.717, 1.165) is 44.8 Å². The van der Waals surface area contributed by atoms with Gasteiger partial charge in [0.2, 0.25) is 5.91 Å². The largest absolute Gasteiger partial charge is 0.378 e. The molecule has 19 heavy (non-hydrogen) atoms. The molecule has 2 fully saturated rings. The monoisotopic (exact) mass is 258 g/mol. The maximum Gasteiger partial charge on any atom is 0.235 e. The third-order valence-electron chi connectivity index (χ3n) is 4.91. The molecule has 0 saturated carbocycles. The predicted molar refractivity (Wildman–Crippen MR) is 72.2 cm³/mol. The lowest BCUT2D eigenvalue weighted by Crippen LogP contribution is -2.55. The summed E-state index contributed by atoms with van der Waals surface area (Å²) in [7, 11) is 0. The molecule has 1 aromatic rings. The van der Waals surface area contributed by atoms with Crippen molar-refractivity contribution in [2.45, 2.75) is 24.3 Å². The number of piperidine rings is 1. The standard InChI is InChI=1S/C15H18N2O2/c18-14-15(12-3-1-2-4-13(12)16-14)5-7-17(8-6-15)11-9-19-10-11/h1-4,11H,5-10H2,(H,16,18). The maximum absolute atomic E-state index is 12.4. The quantitative estimate of drug-likeness (QED) is 0.827. The molecule has 0 unspecified atom stereocenters. The lowest BCUT2D eigenvalue weighted by molar-refractivity contribution is -0.124. The average molecular weight is 258 g/mol. The van der Waals surface area contributed by atoms with Gasteiger partial charge in [0.25, 0.3) is 0 Å². The number of amides is 1. The molecule has 0 radical (unpaired) electrons. The lowest BCUT2D eigenvalue weighted by atomic mass is 9.73. The molecule has 3 heterocycles. The highest BCUT2D eigenvalue weighted by Gasteiger charge is 2.49. The predicted octanol–water partition coefficient (Wildman–Crippen LogP) is 1.37. The van der Waals surface area contributed by atoms with Crippen LogP contribution in [0.2, 0.25) is 0 Å². The Bertz CT molecular complexity index is 517. The van der Waals surface area contributed by atoms with Crippen molar-refractivity contribution in [1.29, 1.82) is 0 Å². The van der Waals surface area contributed by atoms with Gasteiger partial charge in [-0.25, -0.2) is 0 Å². The van der Waals surface area contributed by atoms with Crippen LogP contribution in [0.25, 0.3) is 0 Å². The van der Waals surface area contributed by atoms with Crippen molar-refractivity contribution in [3.05, 3.63) is 29.8 Å². The van der Waals surface area contributed by atoms with E-state index in [1.165, 1.54) is 5.56 Å². The number of nitrogens with one attached hydrogen (secondary N) is 1. The molecule has 1 N–H and O–H groups in total. The second-order valence-electron chi connectivity index (χ2n) is 5.81. The number of para-hydroxylation sites is 1. The number of likely N-dealkylation sites (tertiary alicyclic amines) is 1. The maximum atomic E-state index is 12.4. The van der Waals surface area contributed by atoms with Gasteiger partial charge < -0.3 is 10.1 Å². The lowest BCUT2D eigenvalue weighted by Gasteiger charge is -2.44. The number of hydrogen-bond acceptors (Lipinski definition) is 3. The Hall–Kier alpha value is -1.39. The number of rotatable bonds is 1. The van der Waals surface area contributed by atoms with Gasteiger partial charge >= 0.3 is 0 Å². The topological polar surface area (TPSA) is 41.6 Å².